The van der Waals surface area contributed by atoms with Crippen LogP contribution in [0.4, 0.5) is 0 Å². The largest absolute Gasteiger partial charge is 0.427 e. The van der Waals surface area contributed by atoms with Gasteiger partial charge in [-0.05, 0) is 66.3 Å². The highest BCUT2D eigenvalue weighted by Gasteiger charge is 2.37. The van der Waals surface area contributed by atoms with Crippen LogP contribution in [0.2, 0.25) is 0 Å². The van der Waals surface area contributed by atoms with Crippen molar-refractivity contribution in [1.29, 1.82) is 0 Å². The molecule has 4 rings (SSSR count). The first-order chi connectivity index (χ1) is 15.3. The summed E-state index contributed by atoms with van der Waals surface area (Å²) in [7, 11) is 0. The van der Waals surface area contributed by atoms with E-state index in [2.05, 4.69) is 11.8 Å². The van der Waals surface area contributed by atoms with Crippen LogP contribution in [0.25, 0.3) is 11.1 Å². The fourth-order valence-electron chi connectivity index (χ4n) is 4.86. The van der Waals surface area contributed by atoms with Crippen molar-refractivity contribution in [3.8, 4) is 28.4 Å². The Morgan fingerprint density at radius 1 is 0.969 bits per heavy atom. The highest BCUT2D eigenvalue weighted by Crippen LogP contribution is 2.52. The van der Waals surface area contributed by atoms with Crippen LogP contribution in [0.1, 0.15) is 56.8 Å². The van der Waals surface area contributed by atoms with Gasteiger partial charge in [-0.25, -0.2) is 0 Å². The van der Waals surface area contributed by atoms with E-state index in [4.69, 9.17) is 14.2 Å². The van der Waals surface area contributed by atoms with Crippen molar-refractivity contribution in [3.63, 3.8) is 0 Å². The molecule has 7 nitrogen and oxygen atoms in total. The van der Waals surface area contributed by atoms with Gasteiger partial charge in [-0.1, -0.05) is 13.0 Å². The van der Waals surface area contributed by atoms with Crippen LogP contribution in [0, 0.1) is 0 Å². The lowest BCUT2D eigenvalue weighted by molar-refractivity contribution is -0.134. The molecule has 0 fully saturated rings. The molecule has 0 saturated heterocycles. The molecule has 7 heteroatoms. The minimum atomic E-state index is -0.508. The SMILES string of the molecule is CCCN1CCc2cc(OC(C)=O)cc3c2C1Cc1ccc(OC(C)=O)c(OC(C)=O)c1-3. The van der Waals surface area contributed by atoms with Crippen LogP contribution < -0.4 is 14.2 Å². The predicted molar refractivity (Wildman–Crippen MR) is 118 cm³/mol. The average Bonchev–Trinajstić information content (AvgIpc) is 2.70. The first-order valence-corrected chi connectivity index (χ1v) is 10.9. The van der Waals surface area contributed by atoms with E-state index in [-0.39, 0.29) is 17.5 Å². The zero-order valence-electron chi connectivity index (χ0n) is 18.8. The third-order valence-corrected chi connectivity index (χ3v) is 5.84. The molecule has 0 radical (unpaired) electrons. The second-order valence-electron chi connectivity index (χ2n) is 8.26. The van der Waals surface area contributed by atoms with E-state index < -0.39 is 17.9 Å². The molecule has 0 saturated carbocycles. The van der Waals surface area contributed by atoms with E-state index in [9.17, 15) is 14.4 Å². The first kappa shape index (κ1) is 22.0. The van der Waals surface area contributed by atoms with Crippen LogP contribution in [0.5, 0.6) is 17.2 Å². The van der Waals surface area contributed by atoms with E-state index in [0.717, 1.165) is 54.6 Å². The number of fused-ring (bicyclic) bond motifs is 2. The maximum Gasteiger partial charge on any atom is 0.308 e. The Labute approximate surface area is 187 Å². The lowest BCUT2D eigenvalue weighted by Crippen LogP contribution is -2.39. The summed E-state index contributed by atoms with van der Waals surface area (Å²) in [5.74, 6) is -0.546. The normalized spacial score (nSPS) is 16.6. The Morgan fingerprint density at radius 2 is 1.69 bits per heavy atom. The molecule has 2 aliphatic rings. The minimum Gasteiger partial charge on any atom is -0.427 e. The monoisotopic (exact) mass is 437 g/mol. The van der Waals surface area contributed by atoms with Crippen molar-refractivity contribution in [2.45, 2.75) is 53.0 Å². The minimum absolute atomic E-state index is 0.178. The molecule has 168 valence electrons. The molecule has 1 atom stereocenters. The summed E-state index contributed by atoms with van der Waals surface area (Å²) < 4.78 is 16.4. The summed E-state index contributed by atoms with van der Waals surface area (Å²) in [5.41, 5.74) is 4.81. The zero-order chi connectivity index (χ0) is 23.0. The third kappa shape index (κ3) is 4.12. The van der Waals surface area contributed by atoms with E-state index >= 15 is 0 Å². The molecule has 0 aromatic heterocycles. The lowest BCUT2D eigenvalue weighted by Gasteiger charge is -2.42. The summed E-state index contributed by atoms with van der Waals surface area (Å²) in [6.07, 6.45) is 2.62. The number of hydrogen-bond donors (Lipinski definition) is 0. The maximum atomic E-state index is 12.0. The highest BCUT2D eigenvalue weighted by atomic mass is 16.6. The lowest BCUT2D eigenvalue weighted by atomic mass is 9.76. The molecule has 1 aliphatic heterocycles. The van der Waals surface area contributed by atoms with Crippen LogP contribution >= 0.6 is 0 Å². The molecule has 0 N–H and O–H groups in total. The van der Waals surface area contributed by atoms with Gasteiger partial charge >= 0.3 is 17.9 Å². The van der Waals surface area contributed by atoms with Crippen molar-refractivity contribution in [3.05, 3.63) is 41.0 Å². The number of benzene rings is 2. The predicted octanol–water partition coefficient (Wildman–Crippen LogP) is 3.99. The fraction of sp³-hybridized carbons (Fsp3) is 0.400. The highest BCUT2D eigenvalue weighted by molar-refractivity contribution is 5.87. The number of hydrogen-bond acceptors (Lipinski definition) is 7. The van der Waals surface area contributed by atoms with Crippen molar-refractivity contribution in [2.24, 2.45) is 0 Å². The maximum absolute atomic E-state index is 12.0. The van der Waals surface area contributed by atoms with E-state index in [1.807, 2.05) is 18.2 Å². The zero-order valence-corrected chi connectivity index (χ0v) is 18.8. The van der Waals surface area contributed by atoms with Crippen LogP contribution in [-0.2, 0) is 27.2 Å². The van der Waals surface area contributed by atoms with Gasteiger partial charge in [0.25, 0.3) is 0 Å². The Hall–Kier alpha value is -3.19. The van der Waals surface area contributed by atoms with Crippen molar-refractivity contribution >= 4 is 17.9 Å². The average molecular weight is 437 g/mol. The summed E-state index contributed by atoms with van der Waals surface area (Å²) in [6.45, 7) is 8.06. The summed E-state index contributed by atoms with van der Waals surface area (Å²) in [5, 5.41) is 0. The van der Waals surface area contributed by atoms with Gasteiger partial charge in [0.2, 0.25) is 0 Å². The quantitative estimate of drug-likeness (QED) is 0.517. The van der Waals surface area contributed by atoms with Crippen LogP contribution in [-0.4, -0.2) is 35.9 Å². The number of esters is 3. The second-order valence-corrected chi connectivity index (χ2v) is 8.26. The summed E-state index contributed by atoms with van der Waals surface area (Å²) >= 11 is 0. The molecule has 1 aliphatic carbocycles. The van der Waals surface area contributed by atoms with Gasteiger partial charge in [0.05, 0.1) is 0 Å². The molecular formula is C25H27NO6. The summed E-state index contributed by atoms with van der Waals surface area (Å²) in [4.78, 5) is 37.8. The standard InChI is InChI=1S/C25H27NO6/c1-5-9-26-10-8-18-11-19(30-14(2)27)13-20-23(18)21(26)12-17-6-7-22(31-15(3)28)25(24(17)20)32-16(4)29/h6-7,11,13,21H,5,8-10,12H2,1-4H3. The topological polar surface area (TPSA) is 82.1 Å². The number of carbonyl (C=O) groups is 3. The van der Waals surface area contributed by atoms with Crippen molar-refractivity contribution < 1.29 is 28.6 Å². The van der Waals surface area contributed by atoms with Crippen molar-refractivity contribution in [2.75, 3.05) is 13.1 Å². The van der Waals surface area contributed by atoms with Gasteiger partial charge in [0, 0.05) is 38.9 Å². The second kappa shape index (κ2) is 8.74. The Bertz CT molecular complexity index is 1110. The number of rotatable bonds is 5. The Balaban J connectivity index is 1.98. The molecule has 0 bridgehead atoms. The van der Waals surface area contributed by atoms with Gasteiger partial charge in [-0.3, -0.25) is 19.3 Å². The van der Waals surface area contributed by atoms with Crippen LogP contribution in [0.15, 0.2) is 24.3 Å². The number of nitrogens with zero attached hydrogens (tertiary/aromatic N) is 1. The Morgan fingerprint density at radius 3 is 2.34 bits per heavy atom. The number of ether oxygens (including phenoxy) is 3. The van der Waals surface area contributed by atoms with E-state index in [1.54, 1.807) is 6.07 Å². The van der Waals surface area contributed by atoms with Gasteiger partial charge in [0.1, 0.15) is 5.75 Å². The fourth-order valence-corrected chi connectivity index (χ4v) is 4.86. The third-order valence-electron chi connectivity index (χ3n) is 5.84. The molecule has 2 aromatic rings. The van der Waals surface area contributed by atoms with Gasteiger partial charge < -0.3 is 14.2 Å². The molecular weight excluding hydrogens is 410 g/mol. The molecule has 2 aromatic carbocycles. The van der Waals surface area contributed by atoms with Gasteiger partial charge in [0.15, 0.2) is 11.5 Å². The number of carbonyl (C=O) groups excluding carboxylic acids is 3. The molecule has 0 spiro atoms. The first-order valence-electron chi connectivity index (χ1n) is 10.9. The van der Waals surface area contributed by atoms with E-state index in [1.165, 1.54) is 20.8 Å². The molecule has 0 amide bonds. The smallest absolute Gasteiger partial charge is 0.308 e. The molecule has 1 heterocycles. The van der Waals surface area contributed by atoms with Gasteiger partial charge in [-0.2, -0.15) is 0 Å². The molecule has 1 unspecified atom stereocenters. The molecule has 32 heavy (non-hydrogen) atoms. The Kier molecular flexibility index (Phi) is 6.02. The van der Waals surface area contributed by atoms with E-state index in [0.29, 0.717) is 11.3 Å². The van der Waals surface area contributed by atoms with Crippen LogP contribution in [0.3, 0.4) is 0 Å². The summed E-state index contributed by atoms with van der Waals surface area (Å²) in [6, 6.07) is 7.53. The van der Waals surface area contributed by atoms with Gasteiger partial charge in [-0.15, -0.1) is 0 Å². The van der Waals surface area contributed by atoms with Crippen molar-refractivity contribution in [1.82, 2.24) is 4.90 Å².